The van der Waals surface area contributed by atoms with Crippen LogP contribution in [0.15, 0.2) is 0 Å². The molecule has 0 bridgehead atoms. The molecule has 1 atom stereocenters. The van der Waals surface area contributed by atoms with E-state index in [9.17, 15) is 0 Å². The SMILES string of the molecule is CCCCCCCCCCCCC(C)(CCCCCCCCC)OC. The van der Waals surface area contributed by atoms with E-state index in [0.717, 1.165) is 0 Å². The zero-order valence-electron chi connectivity index (χ0n) is 18.3. The van der Waals surface area contributed by atoms with Gasteiger partial charge in [0.25, 0.3) is 0 Å². The molecule has 0 spiro atoms. The van der Waals surface area contributed by atoms with Crippen molar-refractivity contribution in [3.05, 3.63) is 0 Å². The molecule has 0 saturated heterocycles. The lowest BCUT2D eigenvalue weighted by atomic mass is 9.91. The van der Waals surface area contributed by atoms with Gasteiger partial charge < -0.3 is 4.74 Å². The topological polar surface area (TPSA) is 9.23 Å². The molecular formula is C24H50O. The van der Waals surface area contributed by atoms with Crippen molar-refractivity contribution in [2.45, 2.75) is 148 Å². The molecule has 0 radical (unpaired) electrons. The van der Waals surface area contributed by atoms with Crippen LogP contribution in [0.3, 0.4) is 0 Å². The molecular weight excluding hydrogens is 304 g/mol. The Labute approximate surface area is 160 Å². The first-order valence-corrected chi connectivity index (χ1v) is 11.7. The average molecular weight is 355 g/mol. The Morgan fingerprint density at radius 1 is 0.480 bits per heavy atom. The van der Waals surface area contributed by atoms with E-state index in [4.69, 9.17) is 4.74 Å². The van der Waals surface area contributed by atoms with E-state index in [-0.39, 0.29) is 5.60 Å². The summed E-state index contributed by atoms with van der Waals surface area (Å²) in [6.45, 7) is 6.91. The lowest BCUT2D eigenvalue weighted by molar-refractivity contribution is -0.0121. The van der Waals surface area contributed by atoms with Crippen LogP contribution in [-0.2, 0) is 4.74 Å². The molecule has 0 aromatic carbocycles. The van der Waals surface area contributed by atoms with Gasteiger partial charge in [-0.25, -0.2) is 0 Å². The van der Waals surface area contributed by atoms with Crippen LogP contribution in [0.25, 0.3) is 0 Å². The van der Waals surface area contributed by atoms with E-state index in [0.29, 0.717) is 0 Å². The fraction of sp³-hybridized carbons (Fsp3) is 1.00. The molecule has 0 aliphatic carbocycles. The van der Waals surface area contributed by atoms with E-state index >= 15 is 0 Å². The Morgan fingerprint density at radius 2 is 0.760 bits per heavy atom. The van der Waals surface area contributed by atoms with Gasteiger partial charge in [0.05, 0.1) is 5.60 Å². The Bertz CT molecular complexity index is 250. The summed E-state index contributed by atoms with van der Waals surface area (Å²) < 4.78 is 5.87. The molecule has 0 N–H and O–H groups in total. The number of hydrogen-bond donors (Lipinski definition) is 0. The molecule has 0 heterocycles. The monoisotopic (exact) mass is 354 g/mol. The molecule has 0 rings (SSSR count). The van der Waals surface area contributed by atoms with Crippen LogP contribution in [0.4, 0.5) is 0 Å². The third-order valence-corrected chi connectivity index (χ3v) is 5.86. The van der Waals surface area contributed by atoms with Crippen molar-refractivity contribution < 1.29 is 4.74 Å². The van der Waals surface area contributed by atoms with Crippen LogP contribution in [0.5, 0.6) is 0 Å². The third kappa shape index (κ3) is 17.1. The minimum absolute atomic E-state index is 0.129. The van der Waals surface area contributed by atoms with Gasteiger partial charge in [0.1, 0.15) is 0 Å². The summed E-state index contributed by atoms with van der Waals surface area (Å²) in [4.78, 5) is 0. The number of hydrogen-bond acceptors (Lipinski definition) is 1. The van der Waals surface area contributed by atoms with Crippen molar-refractivity contribution >= 4 is 0 Å². The van der Waals surface area contributed by atoms with Crippen molar-refractivity contribution in [2.75, 3.05) is 7.11 Å². The lowest BCUT2D eigenvalue weighted by Crippen LogP contribution is -2.27. The molecule has 152 valence electrons. The van der Waals surface area contributed by atoms with Gasteiger partial charge in [-0.1, -0.05) is 123 Å². The predicted octanol–water partition coefficient (Wildman–Crippen LogP) is 8.84. The zero-order valence-corrected chi connectivity index (χ0v) is 18.3. The van der Waals surface area contributed by atoms with Crippen molar-refractivity contribution in [2.24, 2.45) is 0 Å². The van der Waals surface area contributed by atoms with E-state index in [1.54, 1.807) is 0 Å². The molecule has 1 nitrogen and oxygen atoms in total. The summed E-state index contributed by atoms with van der Waals surface area (Å²) in [5.74, 6) is 0. The van der Waals surface area contributed by atoms with Crippen LogP contribution in [0.1, 0.15) is 143 Å². The molecule has 1 heteroatoms. The fourth-order valence-electron chi connectivity index (χ4n) is 3.77. The van der Waals surface area contributed by atoms with E-state index < -0.39 is 0 Å². The molecule has 0 fully saturated rings. The number of ether oxygens (including phenoxy) is 1. The Balaban J connectivity index is 3.49. The Kier molecular flexibility index (Phi) is 18.7. The highest BCUT2D eigenvalue weighted by Gasteiger charge is 2.22. The molecule has 0 aromatic rings. The maximum atomic E-state index is 5.87. The molecule has 0 aliphatic heterocycles. The lowest BCUT2D eigenvalue weighted by Gasteiger charge is -2.28. The van der Waals surface area contributed by atoms with Gasteiger partial charge in [0.2, 0.25) is 0 Å². The third-order valence-electron chi connectivity index (χ3n) is 5.86. The van der Waals surface area contributed by atoms with Gasteiger partial charge in [0.15, 0.2) is 0 Å². The Morgan fingerprint density at radius 3 is 1.04 bits per heavy atom. The normalized spacial score (nSPS) is 13.9. The average Bonchev–Trinajstić information content (AvgIpc) is 2.62. The van der Waals surface area contributed by atoms with Crippen LogP contribution in [-0.4, -0.2) is 12.7 Å². The first-order chi connectivity index (χ1) is 12.2. The van der Waals surface area contributed by atoms with Crippen molar-refractivity contribution in [1.29, 1.82) is 0 Å². The summed E-state index contributed by atoms with van der Waals surface area (Å²) in [5, 5.41) is 0. The second-order valence-corrected chi connectivity index (χ2v) is 8.46. The van der Waals surface area contributed by atoms with Gasteiger partial charge in [-0.3, -0.25) is 0 Å². The van der Waals surface area contributed by atoms with Crippen LogP contribution >= 0.6 is 0 Å². The highest BCUT2D eigenvalue weighted by atomic mass is 16.5. The summed E-state index contributed by atoms with van der Waals surface area (Å²) in [5.41, 5.74) is 0.129. The van der Waals surface area contributed by atoms with Gasteiger partial charge in [0, 0.05) is 7.11 Å². The van der Waals surface area contributed by atoms with Crippen LogP contribution < -0.4 is 0 Å². The number of methoxy groups -OCH3 is 1. The highest BCUT2D eigenvalue weighted by molar-refractivity contribution is 4.74. The second-order valence-electron chi connectivity index (χ2n) is 8.46. The quantitative estimate of drug-likeness (QED) is 0.198. The first kappa shape index (κ1) is 25.0. The highest BCUT2D eigenvalue weighted by Crippen LogP contribution is 2.26. The second kappa shape index (κ2) is 18.7. The molecule has 0 aromatic heterocycles. The van der Waals surface area contributed by atoms with E-state index in [2.05, 4.69) is 20.8 Å². The standard InChI is InChI=1S/C24H50O/c1-5-7-9-11-13-14-15-17-19-21-23-24(3,25-4)22-20-18-16-12-10-8-6-2/h5-23H2,1-4H3. The van der Waals surface area contributed by atoms with Gasteiger partial charge in [-0.15, -0.1) is 0 Å². The molecule has 0 amide bonds. The van der Waals surface area contributed by atoms with E-state index in [1.807, 2.05) is 7.11 Å². The van der Waals surface area contributed by atoms with Gasteiger partial charge in [-0.05, 0) is 19.8 Å². The van der Waals surface area contributed by atoms with Crippen LogP contribution in [0, 0.1) is 0 Å². The summed E-state index contributed by atoms with van der Waals surface area (Å²) in [7, 11) is 1.91. The summed E-state index contributed by atoms with van der Waals surface area (Å²) in [6.07, 6.45) is 26.4. The van der Waals surface area contributed by atoms with E-state index in [1.165, 1.54) is 122 Å². The molecule has 25 heavy (non-hydrogen) atoms. The predicted molar refractivity (Wildman–Crippen MR) is 114 cm³/mol. The number of rotatable bonds is 20. The fourth-order valence-corrected chi connectivity index (χ4v) is 3.77. The molecule has 1 unspecified atom stereocenters. The van der Waals surface area contributed by atoms with Crippen molar-refractivity contribution in [3.63, 3.8) is 0 Å². The van der Waals surface area contributed by atoms with Crippen molar-refractivity contribution in [3.8, 4) is 0 Å². The summed E-state index contributed by atoms with van der Waals surface area (Å²) in [6, 6.07) is 0. The minimum atomic E-state index is 0.129. The van der Waals surface area contributed by atoms with Gasteiger partial charge in [-0.2, -0.15) is 0 Å². The first-order valence-electron chi connectivity index (χ1n) is 11.7. The zero-order chi connectivity index (χ0) is 18.6. The minimum Gasteiger partial charge on any atom is -0.379 e. The largest absolute Gasteiger partial charge is 0.379 e. The number of unbranched alkanes of at least 4 members (excludes halogenated alkanes) is 15. The Hall–Kier alpha value is -0.0400. The van der Waals surface area contributed by atoms with Crippen molar-refractivity contribution in [1.82, 2.24) is 0 Å². The van der Waals surface area contributed by atoms with Crippen LogP contribution in [0.2, 0.25) is 0 Å². The maximum Gasteiger partial charge on any atom is 0.0650 e. The molecule has 0 aliphatic rings. The summed E-state index contributed by atoms with van der Waals surface area (Å²) >= 11 is 0. The molecule has 0 saturated carbocycles. The van der Waals surface area contributed by atoms with Gasteiger partial charge >= 0.3 is 0 Å². The smallest absolute Gasteiger partial charge is 0.0650 e. The maximum absolute atomic E-state index is 5.87.